The highest BCUT2D eigenvalue weighted by atomic mass is 79.9. The number of hydrogen-bond donors (Lipinski definition) is 1. The maximum atomic E-state index is 6.00. The first-order chi connectivity index (χ1) is 8.19. The van der Waals surface area contributed by atoms with E-state index >= 15 is 0 Å². The third kappa shape index (κ3) is 3.33. The molecule has 1 atom stereocenters. The molecular formula is C14H18BrNO. The smallest absolute Gasteiger partial charge is 0.119 e. The molecule has 2 N–H and O–H groups in total. The Morgan fingerprint density at radius 3 is 3.00 bits per heavy atom. The SMILES string of the molecule is COc1ccc(Br)c(/C=C2/CCCC(N)C2)c1. The summed E-state index contributed by atoms with van der Waals surface area (Å²) in [6.07, 6.45) is 6.78. The summed E-state index contributed by atoms with van der Waals surface area (Å²) >= 11 is 3.57. The van der Waals surface area contributed by atoms with Gasteiger partial charge in [-0.05, 0) is 49.4 Å². The van der Waals surface area contributed by atoms with Crippen molar-refractivity contribution in [2.24, 2.45) is 5.73 Å². The number of rotatable bonds is 2. The Morgan fingerprint density at radius 1 is 1.47 bits per heavy atom. The van der Waals surface area contributed by atoms with Crippen molar-refractivity contribution in [1.29, 1.82) is 0 Å². The fraction of sp³-hybridized carbons (Fsp3) is 0.429. The van der Waals surface area contributed by atoms with Gasteiger partial charge in [0.05, 0.1) is 7.11 Å². The zero-order chi connectivity index (χ0) is 12.3. The predicted octanol–water partition coefficient (Wildman–Crippen LogP) is 3.74. The molecule has 1 aliphatic carbocycles. The third-order valence-corrected chi connectivity index (χ3v) is 3.88. The normalized spacial score (nSPS) is 22.8. The highest BCUT2D eigenvalue weighted by Crippen LogP contribution is 2.29. The Labute approximate surface area is 111 Å². The maximum absolute atomic E-state index is 6.00. The largest absolute Gasteiger partial charge is 0.497 e. The molecule has 0 spiro atoms. The highest BCUT2D eigenvalue weighted by Gasteiger charge is 2.13. The molecule has 2 nitrogen and oxygen atoms in total. The molecule has 0 aliphatic heterocycles. The van der Waals surface area contributed by atoms with Crippen LogP contribution in [-0.4, -0.2) is 13.2 Å². The van der Waals surface area contributed by atoms with Crippen LogP contribution in [0.1, 0.15) is 31.2 Å². The molecule has 2 rings (SSSR count). The topological polar surface area (TPSA) is 35.2 Å². The molecule has 0 bridgehead atoms. The van der Waals surface area contributed by atoms with E-state index in [4.69, 9.17) is 10.5 Å². The number of nitrogens with two attached hydrogens (primary N) is 1. The molecule has 0 aromatic heterocycles. The minimum Gasteiger partial charge on any atom is -0.497 e. The molecule has 1 aliphatic rings. The fourth-order valence-electron chi connectivity index (χ4n) is 2.24. The van der Waals surface area contributed by atoms with Crippen LogP contribution in [0.5, 0.6) is 5.75 Å². The van der Waals surface area contributed by atoms with Crippen molar-refractivity contribution in [3.05, 3.63) is 33.8 Å². The molecule has 92 valence electrons. The second-order valence-electron chi connectivity index (χ2n) is 4.55. The second kappa shape index (κ2) is 5.69. The Kier molecular flexibility index (Phi) is 4.24. The Bertz CT molecular complexity index is 428. The van der Waals surface area contributed by atoms with Gasteiger partial charge in [-0.15, -0.1) is 0 Å². The Morgan fingerprint density at radius 2 is 2.29 bits per heavy atom. The van der Waals surface area contributed by atoms with Crippen LogP contribution in [0.25, 0.3) is 6.08 Å². The van der Waals surface area contributed by atoms with Gasteiger partial charge in [-0.3, -0.25) is 0 Å². The van der Waals surface area contributed by atoms with E-state index in [0.717, 1.165) is 29.5 Å². The van der Waals surface area contributed by atoms with E-state index in [-0.39, 0.29) is 0 Å². The molecule has 0 saturated heterocycles. The minimum absolute atomic E-state index is 0.333. The first-order valence-electron chi connectivity index (χ1n) is 5.97. The summed E-state index contributed by atoms with van der Waals surface area (Å²) in [6.45, 7) is 0. The number of halogens is 1. The Hall–Kier alpha value is -0.800. The van der Waals surface area contributed by atoms with Crippen LogP contribution in [-0.2, 0) is 0 Å². The molecule has 1 aromatic carbocycles. The summed E-state index contributed by atoms with van der Waals surface area (Å²) in [5, 5.41) is 0. The highest BCUT2D eigenvalue weighted by molar-refractivity contribution is 9.10. The van der Waals surface area contributed by atoms with Gasteiger partial charge in [-0.1, -0.05) is 27.6 Å². The lowest BCUT2D eigenvalue weighted by molar-refractivity contribution is 0.414. The van der Waals surface area contributed by atoms with Crippen molar-refractivity contribution >= 4 is 22.0 Å². The summed E-state index contributed by atoms with van der Waals surface area (Å²) in [7, 11) is 1.69. The zero-order valence-corrected chi connectivity index (χ0v) is 11.7. The molecule has 1 saturated carbocycles. The van der Waals surface area contributed by atoms with Gasteiger partial charge in [0.1, 0.15) is 5.75 Å². The zero-order valence-electron chi connectivity index (χ0n) is 10.1. The lowest BCUT2D eigenvalue weighted by Crippen LogP contribution is -2.23. The van der Waals surface area contributed by atoms with Crippen LogP contribution in [0.4, 0.5) is 0 Å². The standard InChI is InChI=1S/C14H18BrNO/c1-17-13-5-6-14(15)11(9-13)7-10-3-2-4-12(16)8-10/h5-7,9,12H,2-4,8,16H2,1H3/b10-7-. The van der Waals surface area contributed by atoms with Crippen molar-refractivity contribution < 1.29 is 4.74 Å². The third-order valence-electron chi connectivity index (χ3n) is 3.16. The van der Waals surface area contributed by atoms with Gasteiger partial charge >= 0.3 is 0 Å². The van der Waals surface area contributed by atoms with Gasteiger partial charge in [-0.2, -0.15) is 0 Å². The van der Waals surface area contributed by atoms with E-state index < -0.39 is 0 Å². The molecule has 17 heavy (non-hydrogen) atoms. The average Bonchev–Trinajstić information content (AvgIpc) is 2.32. The van der Waals surface area contributed by atoms with Crippen LogP contribution in [0.2, 0.25) is 0 Å². The molecular weight excluding hydrogens is 278 g/mol. The van der Waals surface area contributed by atoms with Crippen molar-refractivity contribution in [2.75, 3.05) is 7.11 Å². The summed E-state index contributed by atoms with van der Waals surface area (Å²) in [4.78, 5) is 0. The number of hydrogen-bond acceptors (Lipinski definition) is 2. The van der Waals surface area contributed by atoms with E-state index in [1.807, 2.05) is 12.1 Å². The lowest BCUT2D eigenvalue weighted by Gasteiger charge is -2.20. The number of benzene rings is 1. The first kappa shape index (κ1) is 12.7. The van der Waals surface area contributed by atoms with Crippen molar-refractivity contribution in [2.45, 2.75) is 31.7 Å². The van der Waals surface area contributed by atoms with Crippen molar-refractivity contribution in [1.82, 2.24) is 0 Å². The monoisotopic (exact) mass is 295 g/mol. The van der Waals surface area contributed by atoms with Gasteiger partial charge in [0.25, 0.3) is 0 Å². The average molecular weight is 296 g/mol. The van der Waals surface area contributed by atoms with Crippen molar-refractivity contribution in [3.8, 4) is 5.75 Å². The van der Waals surface area contributed by atoms with Gasteiger partial charge < -0.3 is 10.5 Å². The van der Waals surface area contributed by atoms with E-state index in [9.17, 15) is 0 Å². The van der Waals surface area contributed by atoms with E-state index in [0.29, 0.717) is 6.04 Å². The molecule has 0 radical (unpaired) electrons. The van der Waals surface area contributed by atoms with Crippen molar-refractivity contribution in [3.63, 3.8) is 0 Å². The second-order valence-corrected chi connectivity index (χ2v) is 5.40. The van der Waals surface area contributed by atoms with E-state index in [1.165, 1.54) is 17.6 Å². The van der Waals surface area contributed by atoms with Crippen LogP contribution in [0.3, 0.4) is 0 Å². The summed E-state index contributed by atoms with van der Waals surface area (Å²) in [6, 6.07) is 6.36. The van der Waals surface area contributed by atoms with E-state index in [1.54, 1.807) is 7.11 Å². The van der Waals surface area contributed by atoms with E-state index in [2.05, 4.69) is 28.1 Å². The summed E-state index contributed by atoms with van der Waals surface area (Å²) < 4.78 is 6.35. The number of methoxy groups -OCH3 is 1. The van der Waals surface area contributed by atoms with Crippen LogP contribution in [0, 0.1) is 0 Å². The first-order valence-corrected chi connectivity index (χ1v) is 6.77. The summed E-state index contributed by atoms with van der Waals surface area (Å²) in [5.74, 6) is 0.889. The Balaban J connectivity index is 2.24. The van der Waals surface area contributed by atoms with Gasteiger partial charge in [0, 0.05) is 10.5 Å². The summed E-state index contributed by atoms with van der Waals surface area (Å²) in [5.41, 5.74) is 8.61. The predicted molar refractivity (Wildman–Crippen MR) is 75.1 cm³/mol. The maximum Gasteiger partial charge on any atom is 0.119 e. The molecule has 0 heterocycles. The molecule has 0 amide bonds. The number of ether oxygens (including phenoxy) is 1. The molecule has 3 heteroatoms. The van der Waals surface area contributed by atoms with Crippen LogP contribution < -0.4 is 10.5 Å². The van der Waals surface area contributed by atoms with Gasteiger partial charge in [0.2, 0.25) is 0 Å². The van der Waals surface area contributed by atoms with Crippen LogP contribution in [0.15, 0.2) is 28.2 Å². The van der Waals surface area contributed by atoms with Gasteiger partial charge in [0.15, 0.2) is 0 Å². The van der Waals surface area contributed by atoms with Gasteiger partial charge in [-0.25, -0.2) is 0 Å². The minimum atomic E-state index is 0.333. The molecule has 1 aromatic rings. The quantitative estimate of drug-likeness (QED) is 0.902. The molecule has 1 unspecified atom stereocenters. The van der Waals surface area contributed by atoms with Crippen LogP contribution >= 0.6 is 15.9 Å². The molecule has 1 fully saturated rings. The lowest BCUT2D eigenvalue weighted by atomic mass is 9.90. The fourth-order valence-corrected chi connectivity index (χ4v) is 2.60.